The minimum absolute atomic E-state index is 0.0650. The maximum Gasteiger partial charge on any atom is 0.160 e. The molecular formula is C46H41N7O. The largest absolute Gasteiger partial charge is 0.489 e. The van der Waals surface area contributed by atoms with Crippen LogP contribution in [0.4, 0.5) is 0 Å². The lowest BCUT2D eigenvalue weighted by atomic mass is 9.76. The lowest BCUT2D eigenvalue weighted by molar-refractivity contribution is 0.306. The second-order valence-electron chi connectivity index (χ2n) is 14.2. The van der Waals surface area contributed by atoms with Crippen molar-refractivity contribution in [2.24, 2.45) is 0 Å². The van der Waals surface area contributed by atoms with Crippen molar-refractivity contribution in [3.63, 3.8) is 0 Å². The summed E-state index contributed by atoms with van der Waals surface area (Å²) in [6.45, 7) is 7.43. The van der Waals surface area contributed by atoms with Gasteiger partial charge in [0, 0.05) is 30.0 Å². The van der Waals surface area contributed by atoms with Crippen molar-refractivity contribution in [1.29, 1.82) is 0 Å². The van der Waals surface area contributed by atoms with Gasteiger partial charge in [-0.1, -0.05) is 134 Å². The molecule has 0 saturated carbocycles. The summed E-state index contributed by atoms with van der Waals surface area (Å²) < 4.78 is 11.0. The molecule has 0 radical (unpaired) electrons. The molecule has 1 atom stereocenters. The van der Waals surface area contributed by atoms with Gasteiger partial charge in [0.2, 0.25) is 0 Å². The molecule has 8 heteroatoms. The Morgan fingerprint density at radius 3 is 2.02 bits per heavy atom. The van der Waals surface area contributed by atoms with Crippen LogP contribution >= 0.6 is 0 Å². The molecule has 8 aromatic rings. The molecule has 5 aromatic carbocycles. The van der Waals surface area contributed by atoms with Gasteiger partial charge < -0.3 is 9.30 Å². The zero-order valence-corrected chi connectivity index (χ0v) is 30.7. The van der Waals surface area contributed by atoms with Gasteiger partial charge in [-0.2, -0.15) is 0 Å². The topological polar surface area (TPSA) is 83.5 Å². The smallest absolute Gasteiger partial charge is 0.160 e. The number of aromatic nitrogens is 7. The maximum absolute atomic E-state index is 6.67. The van der Waals surface area contributed by atoms with Crippen LogP contribution in [0.5, 0.6) is 5.75 Å². The van der Waals surface area contributed by atoms with Gasteiger partial charge in [-0.25, -0.2) is 14.6 Å². The number of aryl methyl sites for hydroxylation is 3. The third kappa shape index (κ3) is 5.66. The number of ether oxygens (including phenoxy) is 1. The van der Waals surface area contributed by atoms with E-state index in [1.54, 1.807) is 0 Å². The predicted molar refractivity (Wildman–Crippen MR) is 211 cm³/mol. The van der Waals surface area contributed by atoms with E-state index in [1.165, 1.54) is 5.56 Å². The minimum atomic E-state index is -0.828. The number of benzene rings is 5. The monoisotopic (exact) mass is 707 g/mol. The molecule has 9 rings (SSSR count). The molecule has 0 bridgehead atoms. The fraction of sp³-hybridized carbons (Fsp3) is 0.196. The van der Waals surface area contributed by atoms with Crippen LogP contribution in [0.2, 0.25) is 0 Å². The van der Waals surface area contributed by atoms with Crippen molar-refractivity contribution >= 4 is 11.2 Å². The average molecular weight is 708 g/mol. The summed E-state index contributed by atoms with van der Waals surface area (Å²) in [7, 11) is 0. The van der Waals surface area contributed by atoms with Crippen molar-refractivity contribution in [3.8, 4) is 5.75 Å². The van der Waals surface area contributed by atoms with E-state index in [-0.39, 0.29) is 5.92 Å². The van der Waals surface area contributed by atoms with Crippen molar-refractivity contribution in [3.05, 3.63) is 201 Å². The van der Waals surface area contributed by atoms with E-state index < -0.39 is 5.54 Å². The van der Waals surface area contributed by atoms with Gasteiger partial charge in [0.1, 0.15) is 29.2 Å². The standard InChI is InChI=1S/C46H41N7O/c1-4-42-48-44-31(2)26-32(3)47-45(44)52(42)29-33-24-25-39-40(38-23-15-14-16-34(38)30-54-41(39)27-33)28-43-49-50-51-53(43)46(35-17-8-5-9-18-35,36-19-10-6-11-20-36)37-21-12-7-13-22-37/h5-27,40H,4,28-30H2,1-3H3. The fourth-order valence-electron chi connectivity index (χ4n) is 8.39. The third-order valence-corrected chi connectivity index (χ3v) is 10.8. The molecule has 4 heterocycles. The molecule has 0 fully saturated rings. The summed E-state index contributed by atoms with van der Waals surface area (Å²) in [5.41, 5.74) is 11.0. The molecule has 1 aliphatic rings. The Labute approximate surface area is 315 Å². The summed E-state index contributed by atoms with van der Waals surface area (Å²) >= 11 is 0. The van der Waals surface area contributed by atoms with Gasteiger partial charge in [0.05, 0.1) is 6.54 Å². The van der Waals surface area contributed by atoms with Gasteiger partial charge in [-0.15, -0.1) is 5.10 Å². The molecule has 0 aliphatic carbocycles. The lowest BCUT2D eigenvalue weighted by Crippen LogP contribution is -2.40. The number of rotatable bonds is 9. The Balaban J connectivity index is 1.18. The lowest BCUT2D eigenvalue weighted by Gasteiger charge is -2.36. The van der Waals surface area contributed by atoms with Crippen molar-refractivity contribution in [2.75, 3.05) is 0 Å². The first-order chi connectivity index (χ1) is 26.5. The number of hydrogen-bond donors (Lipinski definition) is 0. The van der Waals surface area contributed by atoms with E-state index in [9.17, 15) is 0 Å². The van der Waals surface area contributed by atoms with Crippen LogP contribution < -0.4 is 4.74 Å². The zero-order chi connectivity index (χ0) is 36.6. The molecule has 0 saturated heterocycles. The molecule has 54 heavy (non-hydrogen) atoms. The van der Waals surface area contributed by atoms with Gasteiger partial charge >= 0.3 is 0 Å². The van der Waals surface area contributed by atoms with Crippen LogP contribution in [-0.2, 0) is 31.5 Å². The number of imidazole rings is 1. The average Bonchev–Trinajstić information content (AvgIpc) is 3.78. The highest BCUT2D eigenvalue weighted by atomic mass is 16.5. The maximum atomic E-state index is 6.67. The summed E-state index contributed by atoms with van der Waals surface area (Å²) in [6, 6.07) is 49.0. The number of pyridine rings is 1. The highest BCUT2D eigenvalue weighted by molar-refractivity contribution is 5.76. The van der Waals surface area contributed by atoms with Gasteiger partial charge in [-0.3, -0.25) is 0 Å². The molecule has 266 valence electrons. The van der Waals surface area contributed by atoms with Crippen LogP contribution in [0.15, 0.2) is 140 Å². The Morgan fingerprint density at radius 1 is 0.704 bits per heavy atom. The molecule has 1 aliphatic heterocycles. The van der Waals surface area contributed by atoms with E-state index in [0.717, 1.165) is 79.6 Å². The SMILES string of the molecule is CCc1nc2c(C)cc(C)nc2n1Cc1ccc2c(c1)OCc1ccccc1C2Cc1nnnn1C(c1ccccc1)(c1ccccc1)c1ccccc1. The van der Waals surface area contributed by atoms with E-state index in [4.69, 9.17) is 25.0 Å². The highest BCUT2D eigenvalue weighted by Crippen LogP contribution is 2.44. The third-order valence-electron chi connectivity index (χ3n) is 10.8. The summed E-state index contributed by atoms with van der Waals surface area (Å²) in [6.07, 6.45) is 1.38. The quantitative estimate of drug-likeness (QED) is 0.140. The minimum Gasteiger partial charge on any atom is -0.489 e. The van der Waals surface area contributed by atoms with Crippen LogP contribution in [-0.4, -0.2) is 34.7 Å². The summed E-state index contributed by atoms with van der Waals surface area (Å²) in [4.78, 5) is 9.92. The van der Waals surface area contributed by atoms with Gasteiger partial charge in [0.15, 0.2) is 11.5 Å². The molecule has 1 unspecified atom stereocenters. The fourth-order valence-corrected chi connectivity index (χ4v) is 8.39. The molecular weight excluding hydrogens is 667 g/mol. The number of tetrazole rings is 1. The zero-order valence-electron chi connectivity index (χ0n) is 30.7. The summed E-state index contributed by atoms with van der Waals surface area (Å²) in [5.74, 6) is 2.61. The molecule has 0 amide bonds. The van der Waals surface area contributed by atoms with Gasteiger partial charge in [0.25, 0.3) is 0 Å². The Morgan fingerprint density at radius 2 is 1.35 bits per heavy atom. The second-order valence-corrected chi connectivity index (χ2v) is 14.2. The first kappa shape index (κ1) is 33.4. The summed E-state index contributed by atoms with van der Waals surface area (Å²) in [5, 5.41) is 14.0. The van der Waals surface area contributed by atoms with Crippen LogP contribution in [0.1, 0.15) is 74.7 Å². The molecule has 8 nitrogen and oxygen atoms in total. The Hall–Kier alpha value is -6.41. The predicted octanol–water partition coefficient (Wildman–Crippen LogP) is 8.75. The van der Waals surface area contributed by atoms with Crippen molar-refractivity contribution in [2.45, 2.75) is 58.2 Å². The van der Waals surface area contributed by atoms with Gasteiger partial charge in [-0.05, 0) is 75.4 Å². The Kier molecular flexibility index (Phi) is 8.58. The first-order valence-electron chi connectivity index (χ1n) is 18.7. The van der Waals surface area contributed by atoms with Crippen LogP contribution in [0.3, 0.4) is 0 Å². The van der Waals surface area contributed by atoms with Crippen LogP contribution in [0, 0.1) is 13.8 Å². The molecule has 3 aromatic heterocycles. The number of hydrogen-bond acceptors (Lipinski definition) is 6. The highest BCUT2D eigenvalue weighted by Gasteiger charge is 2.42. The van der Waals surface area contributed by atoms with E-state index in [0.29, 0.717) is 19.6 Å². The Bertz CT molecular complexity index is 2480. The first-order valence-corrected chi connectivity index (χ1v) is 18.7. The van der Waals surface area contributed by atoms with Crippen molar-refractivity contribution in [1.82, 2.24) is 34.7 Å². The number of nitrogens with zero attached hydrogens (tertiary/aromatic N) is 7. The van der Waals surface area contributed by atoms with E-state index in [1.807, 2.05) is 11.6 Å². The van der Waals surface area contributed by atoms with E-state index >= 15 is 0 Å². The number of fused-ring (bicyclic) bond motifs is 3. The molecule has 0 N–H and O–H groups in total. The van der Waals surface area contributed by atoms with E-state index in [2.05, 4.69) is 163 Å². The normalized spacial score (nSPS) is 13.9. The second kappa shape index (κ2) is 13.9. The molecule has 0 spiro atoms. The van der Waals surface area contributed by atoms with Crippen molar-refractivity contribution < 1.29 is 4.74 Å². The van der Waals surface area contributed by atoms with Crippen LogP contribution in [0.25, 0.3) is 11.2 Å².